The van der Waals surface area contributed by atoms with Gasteiger partial charge < -0.3 is 10.8 Å². The lowest BCUT2D eigenvalue weighted by molar-refractivity contribution is -0.119. The van der Waals surface area contributed by atoms with E-state index in [1.54, 1.807) is 18.2 Å². The minimum atomic E-state index is -0.990. The Kier molecular flexibility index (Phi) is 3.35. The fraction of sp³-hybridized carbons (Fsp3) is 0.273. The third kappa shape index (κ3) is 2.27. The Morgan fingerprint density at radius 3 is 2.76 bits per heavy atom. The highest BCUT2D eigenvalue weighted by atomic mass is 32.2. The van der Waals surface area contributed by atoms with Gasteiger partial charge in [-0.15, -0.1) is 11.8 Å². The highest BCUT2D eigenvalue weighted by Gasteiger charge is 2.35. The molecule has 0 saturated carbocycles. The van der Waals surface area contributed by atoms with Gasteiger partial charge in [-0.25, -0.2) is 4.79 Å². The molecule has 2 atom stereocenters. The van der Waals surface area contributed by atoms with E-state index in [1.807, 2.05) is 0 Å². The SMILES string of the molecule is NC(=O)C1NCS[C@H]1c1ccccc1C(=O)O. The van der Waals surface area contributed by atoms with Crippen molar-refractivity contribution in [2.24, 2.45) is 5.73 Å². The predicted molar refractivity (Wildman–Crippen MR) is 64.7 cm³/mol. The van der Waals surface area contributed by atoms with Gasteiger partial charge in [-0.1, -0.05) is 18.2 Å². The second kappa shape index (κ2) is 4.77. The number of nitrogens with one attached hydrogen (secondary N) is 1. The molecule has 1 heterocycles. The Labute approximate surface area is 102 Å². The van der Waals surface area contributed by atoms with Crippen molar-refractivity contribution in [2.75, 3.05) is 5.88 Å². The number of hydrogen-bond donors (Lipinski definition) is 3. The first-order chi connectivity index (χ1) is 8.11. The molecular weight excluding hydrogens is 240 g/mol. The van der Waals surface area contributed by atoms with Gasteiger partial charge in [0.05, 0.1) is 10.8 Å². The molecule has 4 N–H and O–H groups in total. The van der Waals surface area contributed by atoms with E-state index in [1.165, 1.54) is 17.8 Å². The monoisotopic (exact) mass is 252 g/mol. The number of hydrogen-bond acceptors (Lipinski definition) is 4. The van der Waals surface area contributed by atoms with Crippen LogP contribution in [0.5, 0.6) is 0 Å². The van der Waals surface area contributed by atoms with E-state index in [9.17, 15) is 9.59 Å². The zero-order valence-electron chi connectivity index (χ0n) is 8.92. The van der Waals surface area contributed by atoms with Gasteiger partial charge in [0.15, 0.2) is 0 Å². The molecule has 1 aliphatic heterocycles. The number of rotatable bonds is 3. The van der Waals surface area contributed by atoms with Crippen LogP contribution in [0, 0.1) is 0 Å². The first kappa shape index (κ1) is 11.9. The molecule has 0 aliphatic carbocycles. The fourth-order valence-electron chi connectivity index (χ4n) is 1.89. The second-order valence-corrected chi connectivity index (χ2v) is 4.84. The van der Waals surface area contributed by atoms with E-state index in [0.717, 1.165) is 0 Å². The molecule has 5 nitrogen and oxygen atoms in total. The molecule has 2 rings (SSSR count). The Morgan fingerprint density at radius 1 is 1.41 bits per heavy atom. The van der Waals surface area contributed by atoms with Gasteiger partial charge in [0.1, 0.15) is 6.04 Å². The lowest BCUT2D eigenvalue weighted by atomic mass is 9.99. The highest BCUT2D eigenvalue weighted by molar-refractivity contribution is 7.99. The van der Waals surface area contributed by atoms with Crippen LogP contribution in [0.15, 0.2) is 24.3 Å². The van der Waals surface area contributed by atoms with Crippen molar-refractivity contribution in [3.05, 3.63) is 35.4 Å². The minimum absolute atomic E-state index is 0.222. The van der Waals surface area contributed by atoms with Gasteiger partial charge in [0.2, 0.25) is 5.91 Å². The van der Waals surface area contributed by atoms with Crippen molar-refractivity contribution in [2.45, 2.75) is 11.3 Å². The van der Waals surface area contributed by atoms with Crippen LogP contribution in [-0.4, -0.2) is 28.9 Å². The summed E-state index contributed by atoms with van der Waals surface area (Å²) in [5, 5.41) is 11.8. The molecule has 1 unspecified atom stereocenters. The van der Waals surface area contributed by atoms with Crippen LogP contribution < -0.4 is 11.1 Å². The summed E-state index contributed by atoms with van der Waals surface area (Å²) in [4.78, 5) is 22.4. The molecule has 0 aromatic heterocycles. The molecule has 0 spiro atoms. The van der Waals surface area contributed by atoms with Crippen molar-refractivity contribution in [1.29, 1.82) is 0 Å². The third-order valence-corrected chi connectivity index (χ3v) is 3.89. The van der Waals surface area contributed by atoms with Crippen LogP contribution in [0.1, 0.15) is 21.2 Å². The second-order valence-electron chi connectivity index (χ2n) is 3.71. The fourth-order valence-corrected chi connectivity index (χ4v) is 3.15. The number of carboxylic acids is 1. The number of carbonyl (C=O) groups excluding carboxylic acids is 1. The molecule has 1 saturated heterocycles. The molecule has 6 heteroatoms. The molecule has 0 bridgehead atoms. The van der Waals surface area contributed by atoms with E-state index >= 15 is 0 Å². The Hall–Kier alpha value is -1.53. The number of carbonyl (C=O) groups is 2. The smallest absolute Gasteiger partial charge is 0.336 e. The average Bonchev–Trinajstić information content (AvgIpc) is 2.77. The van der Waals surface area contributed by atoms with E-state index < -0.39 is 17.9 Å². The maximum atomic E-state index is 11.3. The Bertz CT molecular complexity index is 464. The maximum absolute atomic E-state index is 11.3. The van der Waals surface area contributed by atoms with Gasteiger partial charge in [-0.05, 0) is 11.6 Å². The summed E-state index contributed by atoms with van der Waals surface area (Å²) in [5.74, 6) is -0.858. The van der Waals surface area contributed by atoms with Gasteiger partial charge in [-0.2, -0.15) is 0 Å². The van der Waals surface area contributed by atoms with Crippen LogP contribution >= 0.6 is 11.8 Å². The average molecular weight is 252 g/mol. The number of benzene rings is 1. The molecule has 90 valence electrons. The molecule has 0 radical (unpaired) electrons. The summed E-state index contributed by atoms with van der Waals surface area (Å²) < 4.78 is 0. The standard InChI is InChI=1S/C11H12N2O3S/c12-10(14)8-9(17-5-13-8)6-3-1-2-4-7(6)11(15)16/h1-4,8-9,13H,5H2,(H2,12,14)(H,15,16)/t8?,9-/m0/s1. The quantitative estimate of drug-likeness (QED) is 0.731. The Balaban J connectivity index is 2.39. The lowest BCUT2D eigenvalue weighted by Crippen LogP contribution is -2.39. The van der Waals surface area contributed by atoms with E-state index in [2.05, 4.69) is 5.32 Å². The van der Waals surface area contributed by atoms with Crippen LogP contribution in [0.2, 0.25) is 0 Å². The number of carboxylic acid groups (broad SMARTS) is 1. The summed E-state index contributed by atoms with van der Waals surface area (Å²) in [6.07, 6.45) is 0. The van der Waals surface area contributed by atoms with Crippen LogP contribution in [0.25, 0.3) is 0 Å². The summed E-state index contributed by atoms with van der Waals surface area (Å²) in [5.41, 5.74) is 6.15. The largest absolute Gasteiger partial charge is 0.478 e. The topological polar surface area (TPSA) is 92.4 Å². The van der Waals surface area contributed by atoms with Crippen molar-refractivity contribution in [3.63, 3.8) is 0 Å². The molecular formula is C11H12N2O3S. The molecule has 1 aromatic carbocycles. The first-order valence-corrected chi connectivity index (χ1v) is 6.12. The number of primary amides is 1. The summed E-state index contributed by atoms with van der Waals surface area (Å²) in [7, 11) is 0. The molecule has 1 aromatic rings. The Morgan fingerprint density at radius 2 is 2.12 bits per heavy atom. The van der Waals surface area contributed by atoms with Gasteiger partial charge in [0.25, 0.3) is 0 Å². The minimum Gasteiger partial charge on any atom is -0.478 e. The predicted octanol–water partition coefficient (Wildman–Crippen LogP) is 0.574. The van der Waals surface area contributed by atoms with Crippen LogP contribution in [0.4, 0.5) is 0 Å². The number of nitrogens with two attached hydrogens (primary N) is 1. The summed E-state index contributed by atoms with van der Waals surface area (Å²) in [6, 6.07) is 6.18. The van der Waals surface area contributed by atoms with Crippen LogP contribution in [0.3, 0.4) is 0 Å². The molecule has 1 aliphatic rings. The molecule has 1 fully saturated rings. The zero-order chi connectivity index (χ0) is 12.4. The normalized spacial score (nSPS) is 23.5. The van der Waals surface area contributed by atoms with Gasteiger partial charge in [-0.3, -0.25) is 10.1 Å². The van der Waals surface area contributed by atoms with E-state index in [-0.39, 0.29) is 10.8 Å². The summed E-state index contributed by atoms with van der Waals surface area (Å²) >= 11 is 1.49. The summed E-state index contributed by atoms with van der Waals surface area (Å²) in [6.45, 7) is 0. The van der Waals surface area contributed by atoms with Crippen molar-refractivity contribution >= 4 is 23.6 Å². The highest BCUT2D eigenvalue weighted by Crippen LogP contribution is 2.37. The van der Waals surface area contributed by atoms with Crippen molar-refractivity contribution in [1.82, 2.24) is 5.32 Å². The number of aromatic carboxylic acids is 1. The van der Waals surface area contributed by atoms with Gasteiger partial charge >= 0.3 is 5.97 Å². The number of thioether (sulfide) groups is 1. The first-order valence-electron chi connectivity index (χ1n) is 5.08. The van der Waals surface area contributed by atoms with E-state index in [4.69, 9.17) is 10.8 Å². The third-order valence-electron chi connectivity index (χ3n) is 2.67. The van der Waals surface area contributed by atoms with Crippen molar-refractivity contribution < 1.29 is 14.7 Å². The zero-order valence-corrected chi connectivity index (χ0v) is 9.74. The maximum Gasteiger partial charge on any atom is 0.336 e. The van der Waals surface area contributed by atoms with Crippen LogP contribution in [-0.2, 0) is 4.79 Å². The molecule has 1 amide bonds. The molecule has 17 heavy (non-hydrogen) atoms. The number of amides is 1. The van der Waals surface area contributed by atoms with Crippen molar-refractivity contribution in [3.8, 4) is 0 Å². The lowest BCUT2D eigenvalue weighted by Gasteiger charge is -2.17. The van der Waals surface area contributed by atoms with E-state index in [0.29, 0.717) is 11.4 Å². The van der Waals surface area contributed by atoms with Gasteiger partial charge in [0, 0.05) is 5.88 Å².